The molecule has 1 fully saturated rings. The van der Waals surface area contributed by atoms with E-state index in [4.69, 9.17) is 4.98 Å². The summed E-state index contributed by atoms with van der Waals surface area (Å²) >= 11 is 0. The minimum atomic E-state index is 0.306. The number of fused-ring (bicyclic) bond motifs is 1. The molecular weight excluding hydrogens is 246 g/mol. The molecular formula is C17H25N3. The molecule has 1 saturated carbocycles. The van der Waals surface area contributed by atoms with Gasteiger partial charge in [0.15, 0.2) is 0 Å². The van der Waals surface area contributed by atoms with Crippen LogP contribution in [0.4, 0.5) is 0 Å². The number of hydrogen-bond donors (Lipinski definition) is 1. The van der Waals surface area contributed by atoms with Gasteiger partial charge in [0.05, 0.1) is 17.1 Å². The van der Waals surface area contributed by atoms with E-state index < -0.39 is 0 Å². The van der Waals surface area contributed by atoms with Gasteiger partial charge in [0.2, 0.25) is 0 Å². The van der Waals surface area contributed by atoms with E-state index in [1.54, 1.807) is 0 Å². The van der Waals surface area contributed by atoms with E-state index in [1.807, 2.05) is 0 Å². The van der Waals surface area contributed by atoms with Crippen molar-refractivity contribution in [2.24, 2.45) is 18.9 Å². The molecule has 3 unspecified atom stereocenters. The Labute approximate surface area is 121 Å². The molecule has 1 aromatic heterocycles. The molecule has 0 amide bonds. The molecule has 3 atom stereocenters. The normalized spacial score (nSPS) is 24.4. The number of para-hydroxylation sites is 2. The van der Waals surface area contributed by atoms with Gasteiger partial charge < -0.3 is 9.88 Å². The Hall–Kier alpha value is -1.35. The van der Waals surface area contributed by atoms with Gasteiger partial charge in [-0.1, -0.05) is 31.9 Å². The topological polar surface area (TPSA) is 29.9 Å². The maximum Gasteiger partial charge on any atom is 0.126 e. The zero-order valence-electron chi connectivity index (χ0n) is 12.8. The molecule has 108 valence electrons. The average Bonchev–Trinajstić information content (AvgIpc) is 3.01. The summed E-state index contributed by atoms with van der Waals surface area (Å²) in [5, 5.41) is 3.69. The van der Waals surface area contributed by atoms with Gasteiger partial charge in [0, 0.05) is 7.05 Å². The summed E-state index contributed by atoms with van der Waals surface area (Å²) in [7, 11) is 2.11. The van der Waals surface area contributed by atoms with Gasteiger partial charge in [0.25, 0.3) is 0 Å². The van der Waals surface area contributed by atoms with Gasteiger partial charge in [-0.05, 0) is 43.9 Å². The SMILES string of the molecule is CC(NCC1CCCC1C)c1nc2ccccc2n1C. The van der Waals surface area contributed by atoms with E-state index >= 15 is 0 Å². The summed E-state index contributed by atoms with van der Waals surface area (Å²) in [6.07, 6.45) is 4.17. The molecule has 2 aromatic rings. The van der Waals surface area contributed by atoms with Crippen LogP contribution in [0.3, 0.4) is 0 Å². The van der Waals surface area contributed by atoms with Crippen molar-refractivity contribution in [1.29, 1.82) is 0 Å². The molecule has 0 spiro atoms. The van der Waals surface area contributed by atoms with Crippen LogP contribution in [0, 0.1) is 11.8 Å². The molecule has 1 heterocycles. The Morgan fingerprint density at radius 2 is 2.15 bits per heavy atom. The highest BCUT2D eigenvalue weighted by Gasteiger charge is 2.24. The minimum absolute atomic E-state index is 0.306. The lowest BCUT2D eigenvalue weighted by Crippen LogP contribution is -2.28. The highest BCUT2D eigenvalue weighted by molar-refractivity contribution is 5.75. The Kier molecular flexibility index (Phi) is 3.79. The Bertz CT molecular complexity index is 587. The molecule has 3 heteroatoms. The van der Waals surface area contributed by atoms with E-state index in [9.17, 15) is 0 Å². The second kappa shape index (κ2) is 5.57. The van der Waals surface area contributed by atoms with E-state index in [1.165, 1.54) is 24.8 Å². The first kappa shape index (κ1) is 13.6. The Morgan fingerprint density at radius 3 is 2.85 bits per heavy atom. The van der Waals surface area contributed by atoms with Crippen LogP contribution in [0.15, 0.2) is 24.3 Å². The third-order valence-electron chi connectivity index (χ3n) is 4.93. The second-order valence-electron chi connectivity index (χ2n) is 6.32. The number of hydrogen-bond acceptors (Lipinski definition) is 2. The van der Waals surface area contributed by atoms with Crippen LogP contribution in [-0.4, -0.2) is 16.1 Å². The second-order valence-corrected chi connectivity index (χ2v) is 6.32. The number of aryl methyl sites for hydroxylation is 1. The van der Waals surface area contributed by atoms with Gasteiger partial charge in [0.1, 0.15) is 5.82 Å². The highest BCUT2D eigenvalue weighted by Crippen LogP contribution is 2.31. The fraction of sp³-hybridized carbons (Fsp3) is 0.588. The molecule has 0 radical (unpaired) electrons. The molecule has 1 N–H and O–H groups in total. The number of benzene rings is 1. The number of nitrogens with one attached hydrogen (secondary N) is 1. The van der Waals surface area contributed by atoms with Crippen molar-refractivity contribution < 1.29 is 0 Å². The minimum Gasteiger partial charge on any atom is -0.330 e. The van der Waals surface area contributed by atoms with Crippen molar-refractivity contribution in [3.8, 4) is 0 Å². The van der Waals surface area contributed by atoms with Gasteiger partial charge >= 0.3 is 0 Å². The largest absolute Gasteiger partial charge is 0.330 e. The van der Waals surface area contributed by atoms with Gasteiger partial charge in [-0.2, -0.15) is 0 Å². The van der Waals surface area contributed by atoms with Crippen LogP contribution in [0.5, 0.6) is 0 Å². The molecule has 1 aliphatic rings. The quantitative estimate of drug-likeness (QED) is 0.919. The third-order valence-corrected chi connectivity index (χ3v) is 4.93. The first-order valence-corrected chi connectivity index (χ1v) is 7.81. The first-order valence-electron chi connectivity index (χ1n) is 7.81. The maximum absolute atomic E-state index is 4.78. The summed E-state index contributed by atoms with van der Waals surface area (Å²) < 4.78 is 2.21. The number of aromatic nitrogens is 2. The van der Waals surface area contributed by atoms with Crippen LogP contribution < -0.4 is 5.32 Å². The van der Waals surface area contributed by atoms with E-state index in [0.717, 1.165) is 29.7 Å². The lowest BCUT2D eigenvalue weighted by molar-refractivity contribution is 0.369. The van der Waals surface area contributed by atoms with Crippen molar-refractivity contribution in [1.82, 2.24) is 14.9 Å². The summed E-state index contributed by atoms with van der Waals surface area (Å²) in [6, 6.07) is 8.66. The molecule has 0 saturated heterocycles. The standard InChI is InChI=1S/C17H25N3/c1-12-7-6-8-14(12)11-18-13(2)17-19-15-9-4-5-10-16(15)20(17)3/h4-5,9-10,12-14,18H,6-8,11H2,1-3H3. The fourth-order valence-electron chi connectivity index (χ4n) is 3.50. The van der Waals surface area contributed by atoms with Crippen molar-refractivity contribution in [3.63, 3.8) is 0 Å². The van der Waals surface area contributed by atoms with Crippen LogP contribution >= 0.6 is 0 Å². The van der Waals surface area contributed by atoms with Crippen molar-refractivity contribution in [2.45, 2.75) is 39.2 Å². The van der Waals surface area contributed by atoms with Gasteiger partial charge in [-0.3, -0.25) is 0 Å². The molecule has 0 bridgehead atoms. The summed E-state index contributed by atoms with van der Waals surface area (Å²) in [5.41, 5.74) is 2.30. The smallest absolute Gasteiger partial charge is 0.126 e. The van der Waals surface area contributed by atoms with Crippen LogP contribution in [-0.2, 0) is 7.05 Å². The van der Waals surface area contributed by atoms with E-state index in [-0.39, 0.29) is 0 Å². The van der Waals surface area contributed by atoms with Gasteiger partial charge in [-0.15, -0.1) is 0 Å². The lowest BCUT2D eigenvalue weighted by Gasteiger charge is -2.20. The van der Waals surface area contributed by atoms with Crippen LogP contribution in [0.1, 0.15) is 45.0 Å². The fourth-order valence-corrected chi connectivity index (χ4v) is 3.50. The molecule has 1 aromatic carbocycles. The molecule has 0 aliphatic heterocycles. The third kappa shape index (κ3) is 2.47. The molecule has 20 heavy (non-hydrogen) atoms. The molecule has 3 rings (SSSR count). The van der Waals surface area contributed by atoms with Crippen LogP contribution in [0.2, 0.25) is 0 Å². The zero-order chi connectivity index (χ0) is 14.1. The van der Waals surface area contributed by atoms with Crippen molar-refractivity contribution in [2.75, 3.05) is 6.54 Å². The highest BCUT2D eigenvalue weighted by atomic mass is 15.1. The summed E-state index contributed by atoms with van der Waals surface area (Å²) in [6.45, 7) is 5.73. The Balaban J connectivity index is 1.72. The number of imidazole rings is 1. The van der Waals surface area contributed by atoms with Crippen molar-refractivity contribution >= 4 is 11.0 Å². The predicted molar refractivity (Wildman–Crippen MR) is 83.6 cm³/mol. The van der Waals surface area contributed by atoms with Gasteiger partial charge in [-0.25, -0.2) is 4.98 Å². The van der Waals surface area contributed by atoms with E-state index in [0.29, 0.717) is 6.04 Å². The monoisotopic (exact) mass is 271 g/mol. The first-order chi connectivity index (χ1) is 9.66. The molecule has 3 nitrogen and oxygen atoms in total. The van der Waals surface area contributed by atoms with E-state index in [2.05, 4.69) is 55.0 Å². The summed E-state index contributed by atoms with van der Waals surface area (Å²) in [5.74, 6) is 2.85. The summed E-state index contributed by atoms with van der Waals surface area (Å²) in [4.78, 5) is 4.78. The van der Waals surface area contributed by atoms with Crippen molar-refractivity contribution in [3.05, 3.63) is 30.1 Å². The van der Waals surface area contributed by atoms with Crippen LogP contribution in [0.25, 0.3) is 11.0 Å². The zero-order valence-corrected chi connectivity index (χ0v) is 12.8. The number of nitrogens with zero attached hydrogens (tertiary/aromatic N) is 2. The molecule has 1 aliphatic carbocycles. The predicted octanol–water partition coefficient (Wildman–Crippen LogP) is 3.66. The maximum atomic E-state index is 4.78. The Morgan fingerprint density at radius 1 is 1.35 bits per heavy atom. The average molecular weight is 271 g/mol. The number of rotatable bonds is 4. The lowest BCUT2D eigenvalue weighted by atomic mass is 9.98.